The summed E-state index contributed by atoms with van der Waals surface area (Å²) >= 11 is 3.20. The topological polar surface area (TPSA) is 21.7 Å². The number of halogens is 3. The number of rotatable bonds is 9. The predicted octanol–water partition coefficient (Wildman–Crippen LogP) is 3.35. The van der Waals surface area contributed by atoms with Gasteiger partial charge in [-0.15, -0.1) is 0 Å². The van der Waals surface area contributed by atoms with Crippen molar-refractivity contribution < 1.29 is 18.3 Å². The number of anilines is 1. The molecule has 0 saturated carbocycles. The molecule has 0 amide bonds. The van der Waals surface area contributed by atoms with Crippen LogP contribution in [0.15, 0.2) is 12.1 Å². The fourth-order valence-corrected chi connectivity index (χ4v) is 2.26. The molecule has 114 valence electrons. The number of hydrogen-bond donors (Lipinski definition) is 0. The van der Waals surface area contributed by atoms with Gasteiger partial charge in [0.15, 0.2) is 0 Å². The molecule has 0 aromatic heterocycles. The minimum Gasteiger partial charge on any atom is -0.385 e. The van der Waals surface area contributed by atoms with Gasteiger partial charge < -0.3 is 14.4 Å². The second-order valence-corrected chi connectivity index (χ2v) is 4.93. The van der Waals surface area contributed by atoms with Crippen molar-refractivity contribution >= 4 is 21.6 Å². The lowest BCUT2D eigenvalue weighted by molar-refractivity contribution is 0.190. The smallest absolute Gasteiger partial charge is 0.149 e. The third-order valence-corrected chi connectivity index (χ3v) is 3.54. The van der Waals surface area contributed by atoms with E-state index in [1.165, 1.54) is 12.1 Å². The highest BCUT2D eigenvalue weighted by Gasteiger charge is 2.17. The molecule has 0 atom stereocenters. The number of alkyl halides is 1. The Bertz CT molecular complexity index is 395. The Balaban J connectivity index is 2.93. The van der Waals surface area contributed by atoms with E-state index >= 15 is 0 Å². The van der Waals surface area contributed by atoms with Gasteiger partial charge in [-0.3, -0.25) is 0 Å². The van der Waals surface area contributed by atoms with Crippen LogP contribution < -0.4 is 4.90 Å². The molecule has 1 aromatic carbocycles. The third-order valence-electron chi connectivity index (χ3n) is 2.89. The fourth-order valence-electron chi connectivity index (χ4n) is 1.93. The molecule has 0 saturated heterocycles. The van der Waals surface area contributed by atoms with Crippen molar-refractivity contribution in [3.05, 3.63) is 29.3 Å². The molecule has 0 unspecified atom stereocenters. The standard InChI is InChI=1S/C14H20BrF2NO2/c1-19-6-3-4-18(5-7-20-2)14-12(16)8-11(10-15)9-13(14)17/h8-9H,3-7,10H2,1-2H3. The Hall–Kier alpha value is -0.720. The van der Waals surface area contributed by atoms with E-state index in [1.54, 1.807) is 19.1 Å². The van der Waals surface area contributed by atoms with Gasteiger partial charge in [0.2, 0.25) is 0 Å². The number of nitrogens with zero attached hydrogens (tertiary/aromatic N) is 1. The molecule has 1 rings (SSSR count). The van der Waals surface area contributed by atoms with Gasteiger partial charge in [0.05, 0.1) is 6.61 Å². The van der Waals surface area contributed by atoms with Crippen LogP contribution in [0.25, 0.3) is 0 Å². The molecular formula is C14H20BrF2NO2. The minimum absolute atomic E-state index is 0.00264. The van der Waals surface area contributed by atoms with Crippen molar-refractivity contribution in [2.75, 3.05) is 45.4 Å². The quantitative estimate of drug-likeness (QED) is 0.503. The van der Waals surface area contributed by atoms with Crippen LogP contribution >= 0.6 is 15.9 Å². The molecule has 0 N–H and O–H groups in total. The highest BCUT2D eigenvalue weighted by atomic mass is 79.9. The molecule has 0 aliphatic heterocycles. The first kappa shape index (κ1) is 17.3. The fraction of sp³-hybridized carbons (Fsp3) is 0.571. The highest BCUT2D eigenvalue weighted by molar-refractivity contribution is 9.08. The van der Waals surface area contributed by atoms with E-state index in [0.29, 0.717) is 43.6 Å². The average Bonchev–Trinajstić information content (AvgIpc) is 2.43. The molecule has 0 aliphatic carbocycles. The van der Waals surface area contributed by atoms with Gasteiger partial charge in [-0.05, 0) is 24.1 Å². The summed E-state index contributed by atoms with van der Waals surface area (Å²) in [5.74, 6) is -1.10. The zero-order chi connectivity index (χ0) is 15.0. The minimum atomic E-state index is -0.548. The zero-order valence-electron chi connectivity index (χ0n) is 11.8. The Morgan fingerprint density at radius 2 is 1.65 bits per heavy atom. The summed E-state index contributed by atoms with van der Waals surface area (Å²) in [5, 5.41) is 0.420. The molecule has 0 fully saturated rings. The first-order valence-corrected chi connectivity index (χ1v) is 7.52. The molecule has 3 nitrogen and oxygen atoms in total. The lowest BCUT2D eigenvalue weighted by Crippen LogP contribution is -2.30. The summed E-state index contributed by atoms with van der Waals surface area (Å²) in [7, 11) is 3.17. The first-order chi connectivity index (χ1) is 9.63. The summed E-state index contributed by atoms with van der Waals surface area (Å²) < 4.78 is 38.2. The van der Waals surface area contributed by atoms with E-state index in [4.69, 9.17) is 9.47 Å². The SMILES string of the molecule is COCCCN(CCOC)c1c(F)cc(CBr)cc1F. The van der Waals surface area contributed by atoms with Gasteiger partial charge in [0, 0.05) is 39.2 Å². The maximum atomic E-state index is 14.1. The van der Waals surface area contributed by atoms with E-state index in [2.05, 4.69) is 15.9 Å². The van der Waals surface area contributed by atoms with Crippen LogP contribution in [0.5, 0.6) is 0 Å². The van der Waals surface area contributed by atoms with E-state index in [1.807, 2.05) is 0 Å². The molecule has 1 aromatic rings. The molecule has 0 aliphatic rings. The maximum Gasteiger partial charge on any atom is 0.149 e. The number of benzene rings is 1. The number of methoxy groups -OCH3 is 2. The van der Waals surface area contributed by atoms with Gasteiger partial charge in [-0.1, -0.05) is 15.9 Å². The van der Waals surface area contributed by atoms with Crippen molar-refractivity contribution in [2.45, 2.75) is 11.8 Å². The summed E-state index contributed by atoms with van der Waals surface area (Å²) in [4.78, 5) is 1.66. The van der Waals surface area contributed by atoms with Gasteiger partial charge in [-0.25, -0.2) is 8.78 Å². The second kappa shape index (κ2) is 9.26. The molecule has 0 radical (unpaired) electrons. The number of hydrogen-bond acceptors (Lipinski definition) is 3. The molecule has 0 bridgehead atoms. The van der Waals surface area contributed by atoms with Crippen LogP contribution in [0.4, 0.5) is 14.5 Å². The number of ether oxygens (including phenoxy) is 2. The van der Waals surface area contributed by atoms with E-state index in [9.17, 15) is 8.78 Å². The Kier molecular flexibility index (Phi) is 8.02. The van der Waals surface area contributed by atoms with Gasteiger partial charge in [-0.2, -0.15) is 0 Å². The van der Waals surface area contributed by atoms with E-state index in [0.717, 1.165) is 0 Å². The molecule has 0 spiro atoms. The van der Waals surface area contributed by atoms with E-state index < -0.39 is 11.6 Å². The largest absolute Gasteiger partial charge is 0.385 e. The third kappa shape index (κ3) is 5.00. The van der Waals surface area contributed by atoms with Crippen LogP contribution in [0.3, 0.4) is 0 Å². The summed E-state index contributed by atoms with van der Waals surface area (Å²) in [5.41, 5.74) is 0.579. The zero-order valence-corrected chi connectivity index (χ0v) is 13.4. The van der Waals surface area contributed by atoms with Crippen molar-refractivity contribution in [1.29, 1.82) is 0 Å². The lowest BCUT2D eigenvalue weighted by atomic mass is 10.2. The molecule has 20 heavy (non-hydrogen) atoms. The van der Waals surface area contributed by atoms with Crippen LogP contribution in [-0.4, -0.2) is 40.5 Å². The summed E-state index contributed by atoms with van der Waals surface area (Å²) in [6, 6.07) is 2.70. The van der Waals surface area contributed by atoms with Crippen molar-refractivity contribution in [1.82, 2.24) is 0 Å². The van der Waals surface area contributed by atoms with Crippen LogP contribution in [0.2, 0.25) is 0 Å². The molecule has 6 heteroatoms. The van der Waals surface area contributed by atoms with Crippen LogP contribution in [-0.2, 0) is 14.8 Å². The monoisotopic (exact) mass is 351 g/mol. The molecule has 0 heterocycles. The van der Waals surface area contributed by atoms with Gasteiger partial charge in [0.1, 0.15) is 17.3 Å². The van der Waals surface area contributed by atoms with Crippen LogP contribution in [0, 0.1) is 11.6 Å². The maximum absolute atomic E-state index is 14.1. The normalized spacial score (nSPS) is 10.8. The predicted molar refractivity (Wildman–Crippen MR) is 79.6 cm³/mol. The summed E-state index contributed by atoms with van der Waals surface area (Å²) in [6.07, 6.45) is 0.694. The van der Waals surface area contributed by atoms with Crippen molar-refractivity contribution in [2.24, 2.45) is 0 Å². The Morgan fingerprint density at radius 1 is 1.05 bits per heavy atom. The van der Waals surface area contributed by atoms with Crippen LogP contribution in [0.1, 0.15) is 12.0 Å². The van der Waals surface area contributed by atoms with E-state index in [-0.39, 0.29) is 5.69 Å². The lowest BCUT2D eigenvalue weighted by Gasteiger charge is -2.25. The summed E-state index contributed by atoms with van der Waals surface area (Å²) in [6.45, 7) is 1.90. The van der Waals surface area contributed by atoms with Crippen molar-refractivity contribution in [3.8, 4) is 0 Å². The second-order valence-electron chi connectivity index (χ2n) is 4.37. The Morgan fingerprint density at radius 3 is 2.15 bits per heavy atom. The van der Waals surface area contributed by atoms with Gasteiger partial charge in [0.25, 0.3) is 0 Å². The Labute approximate surface area is 127 Å². The first-order valence-electron chi connectivity index (χ1n) is 6.40. The van der Waals surface area contributed by atoms with Crippen molar-refractivity contribution in [3.63, 3.8) is 0 Å². The average molecular weight is 352 g/mol. The molecular weight excluding hydrogens is 332 g/mol. The highest BCUT2D eigenvalue weighted by Crippen LogP contribution is 2.26. The van der Waals surface area contributed by atoms with Gasteiger partial charge >= 0.3 is 0 Å².